The molecule has 1 saturated heterocycles. The number of piperidine rings is 1. The number of anilines is 2. The van der Waals surface area contributed by atoms with Crippen LogP contribution in [0.2, 0.25) is 0 Å². The standard InChI is InChI=1S/C23H31N5O/c1-17-24-14-19(26(17)2)16-27-12-10-23(11-13-27)22(29)28(15-18-6-5-7-18)21-9-4-3-8-20(21)25-23/h3-4,8-9,14,18,25H,5-7,10-13,15-16H2,1-2H3. The van der Waals surface area contributed by atoms with Crippen LogP contribution in [0.4, 0.5) is 11.4 Å². The molecule has 0 atom stereocenters. The third-order valence-electron chi connectivity index (χ3n) is 7.30. The number of rotatable bonds is 4. The molecule has 154 valence electrons. The summed E-state index contributed by atoms with van der Waals surface area (Å²) in [5.74, 6) is 1.98. The highest BCUT2D eigenvalue weighted by Gasteiger charge is 2.48. The number of para-hydroxylation sites is 2. The molecule has 0 radical (unpaired) electrons. The van der Waals surface area contributed by atoms with Crippen LogP contribution < -0.4 is 10.2 Å². The summed E-state index contributed by atoms with van der Waals surface area (Å²) < 4.78 is 2.16. The van der Waals surface area contributed by atoms with Crippen molar-refractivity contribution in [2.24, 2.45) is 13.0 Å². The maximum Gasteiger partial charge on any atom is 0.252 e. The van der Waals surface area contributed by atoms with E-state index in [-0.39, 0.29) is 5.91 Å². The summed E-state index contributed by atoms with van der Waals surface area (Å²) in [6.07, 6.45) is 7.48. The number of carbonyl (C=O) groups is 1. The Hall–Kier alpha value is -2.34. The number of imidazole rings is 1. The number of carbonyl (C=O) groups excluding carboxylic acids is 1. The highest BCUT2D eigenvalue weighted by atomic mass is 16.2. The van der Waals surface area contributed by atoms with E-state index in [1.165, 1.54) is 25.0 Å². The third-order valence-corrected chi connectivity index (χ3v) is 7.30. The number of amides is 1. The van der Waals surface area contributed by atoms with Gasteiger partial charge >= 0.3 is 0 Å². The average Bonchev–Trinajstić information content (AvgIpc) is 3.01. The summed E-state index contributed by atoms with van der Waals surface area (Å²) >= 11 is 0. The van der Waals surface area contributed by atoms with Crippen molar-refractivity contribution >= 4 is 17.3 Å². The lowest BCUT2D eigenvalue weighted by atomic mass is 9.81. The first kappa shape index (κ1) is 18.7. The first-order chi connectivity index (χ1) is 14.1. The Labute approximate surface area is 172 Å². The lowest BCUT2D eigenvalue weighted by Gasteiger charge is -2.49. The van der Waals surface area contributed by atoms with E-state index in [9.17, 15) is 4.79 Å². The number of aryl methyl sites for hydroxylation is 1. The Morgan fingerprint density at radius 1 is 1.21 bits per heavy atom. The van der Waals surface area contributed by atoms with E-state index in [1.807, 2.05) is 19.2 Å². The zero-order valence-electron chi connectivity index (χ0n) is 17.5. The zero-order valence-corrected chi connectivity index (χ0v) is 17.5. The van der Waals surface area contributed by atoms with Crippen LogP contribution in [0.5, 0.6) is 0 Å². The Morgan fingerprint density at radius 2 is 1.97 bits per heavy atom. The van der Waals surface area contributed by atoms with Crippen molar-refractivity contribution in [3.8, 4) is 0 Å². The van der Waals surface area contributed by atoms with Gasteiger partial charge in [-0.2, -0.15) is 0 Å². The fraction of sp³-hybridized carbons (Fsp3) is 0.565. The molecule has 2 aliphatic heterocycles. The second-order valence-electron chi connectivity index (χ2n) is 9.07. The molecular formula is C23H31N5O. The molecule has 1 aromatic heterocycles. The van der Waals surface area contributed by atoms with Gasteiger partial charge in [-0.05, 0) is 50.7 Å². The SMILES string of the molecule is Cc1ncc(CN2CCC3(CC2)Nc2ccccc2N(CC2CCC2)C3=O)n1C. The van der Waals surface area contributed by atoms with Gasteiger partial charge < -0.3 is 14.8 Å². The van der Waals surface area contributed by atoms with Crippen LogP contribution in [0.25, 0.3) is 0 Å². The maximum atomic E-state index is 13.7. The molecule has 2 fully saturated rings. The maximum absolute atomic E-state index is 13.7. The minimum atomic E-state index is -0.461. The molecule has 1 aliphatic carbocycles. The molecule has 1 saturated carbocycles. The smallest absolute Gasteiger partial charge is 0.252 e. The van der Waals surface area contributed by atoms with Crippen molar-refractivity contribution in [3.63, 3.8) is 0 Å². The van der Waals surface area contributed by atoms with Crippen molar-refractivity contribution in [1.82, 2.24) is 14.5 Å². The predicted octanol–water partition coefficient (Wildman–Crippen LogP) is 3.32. The lowest BCUT2D eigenvalue weighted by Crippen LogP contribution is -2.62. The van der Waals surface area contributed by atoms with E-state index in [1.54, 1.807) is 0 Å². The molecule has 1 aromatic carbocycles. The normalized spacial score (nSPS) is 21.7. The number of nitrogens with one attached hydrogen (secondary N) is 1. The molecule has 6 nitrogen and oxygen atoms in total. The Balaban J connectivity index is 1.34. The van der Waals surface area contributed by atoms with Gasteiger partial charge in [0.2, 0.25) is 0 Å². The van der Waals surface area contributed by atoms with Crippen molar-refractivity contribution in [3.05, 3.63) is 42.0 Å². The fourth-order valence-corrected chi connectivity index (χ4v) is 4.97. The monoisotopic (exact) mass is 393 g/mol. The number of hydrogen-bond acceptors (Lipinski definition) is 4. The van der Waals surface area contributed by atoms with E-state index in [0.717, 1.165) is 56.2 Å². The molecule has 3 aliphatic rings. The van der Waals surface area contributed by atoms with Gasteiger partial charge in [0.15, 0.2) is 0 Å². The number of nitrogens with zero attached hydrogens (tertiary/aromatic N) is 4. The molecule has 5 rings (SSSR count). The van der Waals surface area contributed by atoms with Crippen molar-refractivity contribution < 1.29 is 4.79 Å². The predicted molar refractivity (Wildman–Crippen MR) is 115 cm³/mol. The minimum Gasteiger partial charge on any atom is -0.369 e. The number of benzene rings is 1. The second kappa shape index (κ2) is 7.17. The second-order valence-corrected chi connectivity index (χ2v) is 9.07. The van der Waals surface area contributed by atoms with Crippen LogP contribution in [-0.2, 0) is 18.4 Å². The van der Waals surface area contributed by atoms with E-state index < -0.39 is 5.54 Å². The molecule has 0 unspecified atom stereocenters. The van der Waals surface area contributed by atoms with Gasteiger partial charge in [-0.15, -0.1) is 0 Å². The number of likely N-dealkylation sites (tertiary alicyclic amines) is 1. The highest BCUT2D eigenvalue weighted by molar-refractivity contribution is 6.08. The first-order valence-electron chi connectivity index (χ1n) is 10.9. The van der Waals surface area contributed by atoms with E-state index in [2.05, 4.69) is 49.9 Å². The highest BCUT2D eigenvalue weighted by Crippen LogP contribution is 2.41. The minimum absolute atomic E-state index is 0.277. The van der Waals surface area contributed by atoms with Crippen LogP contribution in [0.1, 0.15) is 43.6 Å². The number of fused-ring (bicyclic) bond motifs is 1. The Bertz CT molecular complexity index is 908. The molecule has 6 heteroatoms. The molecule has 1 amide bonds. The molecule has 3 heterocycles. The topological polar surface area (TPSA) is 53.4 Å². The van der Waals surface area contributed by atoms with Gasteiger partial charge in [-0.1, -0.05) is 18.6 Å². The van der Waals surface area contributed by atoms with Gasteiger partial charge in [0.1, 0.15) is 11.4 Å². The summed E-state index contributed by atoms with van der Waals surface area (Å²) in [5, 5.41) is 3.67. The Morgan fingerprint density at radius 3 is 2.62 bits per heavy atom. The van der Waals surface area contributed by atoms with E-state index >= 15 is 0 Å². The van der Waals surface area contributed by atoms with Gasteiger partial charge in [0.25, 0.3) is 5.91 Å². The summed E-state index contributed by atoms with van der Waals surface area (Å²) in [7, 11) is 2.07. The quantitative estimate of drug-likeness (QED) is 0.866. The fourth-order valence-electron chi connectivity index (χ4n) is 4.97. The largest absolute Gasteiger partial charge is 0.369 e. The van der Waals surface area contributed by atoms with Gasteiger partial charge in [0.05, 0.1) is 17.1 Å². The van der Waals surface area contributed by atoms with E-state index in [4.69, 9.17) is 0 Å². The molecule has 0 bridgehead atoms. The van der Waals surface area contributed by atoms with Crippen molar-refractivity contribution in [2.75, 3.05) is 29.9 Å². The van der Waals surface area contributed by atoms with Crippen molar-refractivity contribution in [2.45, 2.75) is 51.1 Å². The summed E-state index contributed by atoms with van der Waals surface area (Å²) in [5.41, 5.74) is 2.94. The average molecular weight is 394 g/mol. The van der Waals surface area contributed by atoms with Crippen LogP contribution >= 0.6 is 0 Å². The summed E-state index contributed by atoms with van der Waals surface area (Å²) in [4.78, 5) is 22.7. The molecule has 29 heavy (non-hydrogen) atoms. The summed E-state index contributed by atoms with van der Waals surface area (Å²) in [6.45, 7) is 5.64. The van der Waals surface area contributed by atoms with Gasteiger partial charge in [-0.3, -0.25) is 9.69 Å². The van der Waals surface area contributed by atoms with E-state index in [0.29, 0.717) is 5.92 Å². The van der Waals surface area contributed by atoms with Crippen LogP contribution in [0.3, 0.4) is 0 Å². The first-order valence-corrected chi connectivity index (χ1v) is 10.9. The van der Waals surface area contributed by atoms with Crippen LogP contribution in [0.15, 0.2) is 30.5 Å². The third kappa shape index (κ3) is 3.23. The summed E-state index contributed by atoms with van der Waals surface area (Å²) in [6, 6.07) is 8.32. The van der Waals surface area contributed by atoms with Crippen molar-refractivity contribution in [1.29, 1.82) is 0 Å². The Kier molecular flexibility index (Phi) is 4.62. The van der Waals surface area contributed by atoms with Gasteiger partial charge in [-0.25, -0.2) is 4.98 Å². The molecule has 1 N–H and O–H groups in total. The van der Waals surface area contributed by atoms with Gasteiger partial charge in [0, 0.05) is 39.4 Å². The lowest BCUT2D eigenvalue weighted by molar-refractivity contribution is -0.125. The molecular weight excluding hydrogens is 362 g/mol. The molecule has 1 spiro atoms. The number of aromatic nitrogens is 2. The zero-order chi connectivity index (χ0) is 20.0. The number of hydrogen-bond donors (Lipinski definition) is 1. The van der Waals surface area contributed by atoms with Crippen LogP contribution in [-0.4, -0.2) is 45.5 Å². The van der Waals surface area contributed by atoms with Crippen LogP contribution in [0, 0.1) is 12.8 Å². The molecule has 2 aromatic rings.